The van der Waals surface area contributed by atoms with Gasteiger partial charge < -0.3 is 20.2 Å². The lowest BCUT2D eigenvalue weighted by atomic mass is 9.78. The zero-order chi connectivity index (χ0) is 19.9. The summed E-state index contributed by atoms with van der Waals surface area (Å²) in [5, 5.41) is 28.2. The van der Waals surface area contributed by atoms with Crippen molar-refractivity contribution >= 4 is 29.6 Å². The van der Waals surface area contributed by atoms with Gasteiger partial charge in [0.05, 0.1) is 18.1 Å². The average Bonchev–Trinajstić information content (AvgIpc) is 2.82. The van der Waals surface area contributed by atoms with Crippen LogP contribution in [0.5, 0.6) is 0 Å². The molecule has 3 rings (SSSR count). The summed E-state index contributed by atoms with van der Waals surface area (Å²) in [6, 6.07) is 3.23. The van der Waals surface area contributed by atoms with E-state index in [1.165, 1.54) is 21.2 Å². The molecule has 0 aliphatic carbocycles. The fourth-order valence-corrected chi connectivity index (χ4v) is 4.83. The summed E-state index contributed by atoms with van der Waals surface area (Å²) < 4.78 is 1.53. The lowest BCUT2D eigenvalue weighted by Gasteiger charge is -2.46. The van der Waals surface area contributed by atoms with Gasteiger partial charge in [0.2, 0.25) is 12.5 Å². The van der Waals surface area contributed by atoms with Gasteiger partial charge in [-0.15, -0.1) is 11.8 Å². The number of hydrogen-bond acceptors (Lipinski definition) is 5. The molecule has 8 nitrogen and oxygen atoms in total. The van der Waals surface area contributed by atoms with Gasteiger partial charge in [-0.25, -0.2) is 9.59 Å². The van der Waals surface area contributed by atoms with Crippen LogP contribution in [0.4, 0.5) is 0 Å². The van der Waals surface area contributed by atoms with Crippen molar-refractivity contribution in [3.63, 3.8) is 0 Å². The third kappa shape index (κ3) is 3.44. The third-order valence-corrected chi connectivity index (χ3v) is 6.15. The summed E-state index contributed by atoms with van der Waals surface area (Å²) in [5.74, 6) is -2.72. The normalized spacial score (nSPS) is 25.2. The number of β-lactam (4-membered cyclic amide) rings is 1. The first-order valence-electron chi connectivity index (χ1n) is 8.53. The van der Waals surface area contributed by atoms with Crippen molar-refractivity contribution in [2.45, 2.75) is 37.4 Å². The molecule has 1 aromatic heterocycles. The second-order valence-electron chi connectivity index (χ2n) is 6.82. The molecule has 4 atom stereocenters. The standard InChI is InChI=1S/C18H20N2O6S/c1-9-12(8-27-11-3-5-19(6-4-11)7-13(22)23)16(18(25)26)20-15(9)14(10(2)21)17(20)24/h3-6,9-10,14-15,21H,7-8H2,1-2H3,(H-,22,23,25,26)/p+1/t9-,10+,14+,15+/m0/s1. The van der Waals surface area contributed by atoms with E-state index in [1.807, 2.05) is 6.92 Å². The van der Waals surface area contributed by atoms with E-state index in [-0.39, 0.29) is 30.1 Å². The van der Waals surface area contributed by atoms with Crippen LogP contribution in [0.1, 0.15) is 13.8 Å². The molecule has 2 aliphatic rings. The zero-order valence-electron chi connectivity index (χ0n) is 14.9. The van der Waals surface area contributed by atoms with Crippen LogP contribution in [0.15, 0.2) is 40.7 Å². The topological polar surface area (TPSA) is 119 Å². The molecular weight excluding hydrogens is 372 g/mol. The second-order valence-corrected chi connectivity index (χ2v) is 7.87. The minimum atomic E-state index is -1.13. The van der Waals surface area contributed by atoms with Crippen molar-refractivity contribution in [1.29, 1.82) is 0 Å². The number of amides is 1. The molecule has 1 amide bonds. The Kier molecular flexibility index (Phi) is 5.25. The summed E-state index contributed by atoms with van der Waals surface area (Å²) >= 11 is 1.43. The molecule has 0 bridgehead atoms. The molecule has 3 heterocycles. The van der Waals surface area contributed by atoms with Crippen molar-refractivity contribution in [3.05, 3.63) is 35.8 Å². The number of hydrogen-bond donors (Lipinski definition) is 3. The first-order valence-corrected chi connectivity index (χ1v) is 9.52. The highest BCUT2D eigenvalue weighted by Gasteiger charge is 2.59. The Labute approximate surface area is 160 Å². The van der Waals surface area contributed by atoms with Crippen LogP contribution in [0.2, 0.25) is 0 Å². The van der Waals surface area contributed by atoms with E-state index >= 15 is 0 Å². The highest BCUT2D eigenvalue weighted by atomic mass is 32.2. The van der Waals surface area contributed by atoms with Gasteiger partial charge in [0.25, 0.3) is 0 Å². The number of aliphatic hydroxyl groups excluding tert-OH is 1. The molecule has 0 unspecified atom stereocenters. The number of aliphatic hydroxyl groups is 1. The molecule has 0 aromatic carbocycles. The Balaban J connectivity index is 1.76. The quantitative estimate of drug-likeness (QED) is 0.347. The number of aliphatic carboxylic acids is 2. The molecule has 2 aliphatic heterocycles. The molecule has 27 heavy (non-hydrogen) atoms. The SMILES string of the molecule is C[C@@H](O)[C@H]1C(=O)N2C(C(=O)O)=C(CSc3cc[n+](CC(=O)O)cc3)[C@H](C)[C@H]12. The van der Waals surface area contributed by atoms with E-state index in [2.05, 4.69) is 0 Å². The van der Waals surface area contributed by atoms with E-state index < -0.39 is 24.0 Å². The van der Waals surface area contributed by atoms with Crippen molar-refractivity contribution in [1.82, 2.24) is 4.90 Å². The third-order valence-electron chi connectivity index (χ3n) is 5.09. The van der Waals surface area contributed by atoms with Crippen LogP contribution >= 0.6 is 11.8 Å². The van der Waals surface area contributed by atoms with Crippen LogP contribution in [-0.2, 0) is 20.9 Å². The summed E-state index contributed by atoms with van der Waals surface area (Å²) in [5.41, 5.74) is 0.704. The van der Waals surface area contributed by atoms with E-state index in [0.717, 1.165) is 4.90 Å². The van der Waals surface area contributed by atoms with Crippen LogP contribution in [0.25, 0.3) is 0 Å². The Hall–Kier alpha value is -2.39. The fraction of sp³-hybridized carbons (Fsp3) is 0.444. The number of rotatable bonds is 7. The summed E-state index contributed by atoms with van der Waals surface area (Å²) in [6.45, 7) is 3.31. The van der Waals surface area contributed by atoms with Gasteiger partial charge in [0, 0.05) is 28.7 Å². The van der Waals surface area contributed by atoms with Crippen LogP contribution in [0, 0.1) is 11.8 Å². The minimum Gasteiger partial charge on any atom is -0.477 e. The van der Waals surface area contributed by atoms with Crippen LogP contribution < -0.4 is 4.57 Å². The van der Waals surface area contributed by atoms with Gasteiger partial charge in [0.1, 0.15) is 5.70 Å². The predicted octanol–water partition coefficient (Wildman–Crippen LogP) is 0.347. The Morgan fingerprint density at radius 1 is 1.30 bits per heavy atom. The Morgan fingerprint density at radius 3 is 2.44 bits per heavy atom. The maximum absolute atomic E-state index is 12.3. The van der Waals surface area contributed by atoms with Crippen LogP contribution in [0.3, 0.4) is 0 Å². The highest BCUT2D eigenvalue weighted by Crippen LogP contribution is 2.48. The number of carboxylic acids is 2. The number of thioether (sulfide) groups is 1. The van der Waals surface area contributed by atoms with E-state index in [4.69, 9.17) is 5.11 Å². The number of pyridine rings is 1. The molecule has 0 radical (unpaired) electrons. The minimum absolute atomic E-state index is 0.0266. The lowest BCUT2D eigenvalue weighted by molar-refractivity contribution is -0.686. The fourth-order valence-electron chi connectivity index (χ4n) is 3.80. The molecular formula is C18H21N2O6S+. The summed E-state index contributed by atoms with van der Waals surface area (Å²) in [6.07, 6.45) is 2.49. The zero-order valence-corrected chi connectivity index (χ0v) is 15.7. The summed E-state index contributed by atoms with van der Waals surface area (Å²) in [7, 11) is 0. The lowest BCUT2D eigenvalue weighted by Crippen LogP contribution is -2.63. The summed E-state index contributed by atoms with van der Waals surface area (Å²) in [4.78, 5) is 36.9. The first-order chi connectivity index (χ1) is 12.7. The van der Waals surface area contributed by atoms with Crippen molar-refractivity contribution < 1.29 is 34.3 Å². The molecule has 0 saturated carbocycles. The number of carbonyl (C=O) groups excluding carboxylic acids is 1. The molecule has 9 heteroatoms. The number of carboxylic acid groups (broad SMARTS) is 2. The first kappa shape index (κ1) is 19.4. The van der Waals surface area contributed by atoms with Gasteiger partial charge in [-0.3, -0.25) is 4.79 Å². The van der Waals surface area contributed by atoms with E-state index in [0.29, 0.717) is 11.3 Å². The highest BCUT2D eigenvalue weighted by molar-refractivity contribution is 7.99. The maximum atomic E-state index is 12.3. The predicted molar refractivity (Wildman–Crippen MR) is 94.6 cm³/mol. The van der Waals surface area contributed by atoms with Gasteiger partial charge >= 0.3 is 11.9 Å². The number of nitrogens with zero attached hydrogens (tertiary/aromatic N) is 2. The van der Waals surface area contributed by atoms with E-state index in [1.54, 1.807) is 31.5 Å². The molecule has 3 N–H and O–H groups in total. The molecule has 1 fully saturated rings. The van der Waals surface area contributed by atoms with Crippen LogP contribution in [-0.4, -0.2) is 56.0 Å². The monoisotopic (exact) mass is 393 g/mol. The maximum Gasteiger partial charge on any atom is 0.370 e. The van der Waals surface area contributed by atoms with E-state index in [9.17, 15) is 24.6 Å². The van der Waals surface area contributed by atoms with Crippen molar-refractivity contribution in [2.24, 2.45) is 11.8 Å². The average molecular weight is 393 g/mol. The van der Waals surface area contributed by atoms with Gasteiger partial charge in [-0.05, 0) is 12.5 Å². The largest absolute Gasteiger partial charge is 0.477 e. The van der Waals surface area contributed by atoms with Gasteiger partial charge in [-0.2, -0.15) is 4.57 Å². The Bertz CT molecular complexity index is 820. The second kappa shape index (κ2) is 7.32. The number of aromatic nitrogens is 1. The molecule has 1 aromatic rings. The van der Waals surface area contributed by atoms with Crippen molar-refractivity contribution in [3.8, 4) is 0 Å². The molecule has 0 spiro atoms. The Morgan fingerprint density at radius 2 is 1.93 bits per heavy atom. The number of carbonyl (C=O) groups is 3. The van der Waals surface area contributed by atoms with Gasteiger partial charge in [-0.1, -0.05) is 6.92 Å². The smallest absolute Gasteiger partial charge is 0.370 e. The molecule has 1 saturated heterocycles. The molecule has 144 valence electrons. The van der Waals surface area contributed by atoms with Crippen molar-refractivity contribution in [2.75, 3.05) is 5.75 Å². The van der Waals surface area contributed by atoms with Gasteiger partial charge in [0.15, 0.2) is 12.4 Å². The number of fused-ring (bicyclic) bond motifs is 1.